The van der Waals surface area contributed by atoms with Gasteiger partial charge in [-0.3, -0.25) is 0 Å². The number of hydrogen-bond donors (Lipinski definition) is 1. The molecule has 0 atom stereocenters. The molecule has 8 nitrogen and oxygen atoms in total. The molecule has 10 heteroatoms. The van der Waals surface area contributed by atoms with Gasteiger partial charge >= 0.3 is 0 Å². The van der Waals surface area contributed by atoms with Gasteiger partial charge in [0, 0.05) is 22.8 Å². The van der Waals surface area contributed by atoms with E-state index in [1.807, 2.05) is 18.2 Å². The maximum absolute atomic E-state index is 13.2. The van der Waals surface area contributed by atoms with Crippen LogP contribution in [0.1, 0.15) is 11.4 Å². The van der Waals surface area contributed by atoms with Crippen LogP contribution in [-0.2, 0) is 16.6 Å². The molecule has 0 saturated heterocycles. The summed E-state index contributed by atoms with van der Waals surface area (Å²) in [5.74, 6) is 2.36. The highest BCUT2D eigenvalue weighted by Crippen LogP contribution is 2.37. The Kier molecular flexibility index (Phi) is 4.82. The van der Waals surface area contributed by atoms with E-state index in [4.69, 9.17) is 9.47 Å². The Bertz CT molecular complexity index is 1400. The molecular weight excluding hydrogens is 484 g/mol. The van der Waals surface area contributed by atoms with Gasteiger partial charge in [0.25, 0.3) is 10.0 Å². The topological polar surface area (TPSA) is 95.3 Å². The monoisotopic (exact) mass is 500 g/mol. The number of benzene rings is 2. The third-order valence-corrected chi connectivity index (χ3v) is 7.17. The highest BCUT2D eigenvalue weighted by molar-refractivity contribution is 9.10. The average molecular weight is 501 g/mol. The number of hydrogen-bond acceptors (Lipinski definition) is 7. The smallest absolute Gasteiger partial charge is 0.269 e. The molecule has 0 amide bonds. The molecule has 1 aliphatic heterocycles. The Hall–Kier alpha value is -3.11. The van der Waals surface area contributed by atoms with Gasteiger partial charge in [0.15, 0.2) is 17.1 Å². The molecule has 31 heavy (non-hydrogen) atoms. The second-order valence-corrected chi connectivity index (χ2v) is 9.58. The lowest BCUT2D eigenvalue weighted by atomic mass is 10.2. The SMILES string of the molecule is Cc1nc(NCc2cccc3c2OCO3)c2c(Br)cn(S(=O)(=O)c3ccccc3)c2n1. The predicted molar refractivity (Wildman–Crippen MR) is 119 cm³/mol. The molecule has 0 bridgehead atoms. The Labute approximate surface area is 187 Å². The number of nitrogens with zero attached hydrogens (tertiary/aromatic N) is 3. The number of ether oxygens (including phenoxy) is 2. The van der Waals surface area contributed by atoms with Crippen LogP contribution in [0.5, 0.6) is 11.5 Å². The number of aromatic nitrogens is 3. The van der Waals surface area contributed by atoms with Crippen LogP contribution in [0.3, 0.4) is 0 Å². The van der Waals surface area contributed by atoms with Gasteiger partial charge in [0.2, 0.25) is 6.79 Å². The molecule has 0 fully saturated rings. The van der Waals surface area contributed by atoms with Crippen LogP contribution in [0.25, 0.3) is 11.0 Å². The third kappa shape index (κ3) is 3.41. The number of rotatable bonds is 5. The van der Waals surface area contributed by atoms with E-state index in [-0.39, 0.29) is 11.7 Å². The van der Waals surface area contributed by atoms with E-state index in [1.54, 1.807) is 37.3 Å². The number of para-hydroxylation sites is 1. The maximum atomic E-state index is 13.2. The molecule has 2 aromatic heterocycles. The first-order chi connectivity index (χ1) is 14.9. The van der Waals surface area contributed by atoms with Gasteiger partial charge in [-0.05, 0) is 41.1 Å². The lowest BCUT2D eigenvalue weighted by Crippen LogP contribution is -2.13. The molecule has 2 aromatic carbocycles. The minimum atomic E-state index is -3.82. The van der Waals surface area contributed by atoms with Crippen molar-refractivity contribution in [3.8, 4) is 11.5 Å². The highest BCUT2D eigenvalue weighted by Gasteiger charge is 2.24. The lowest BCUT2D eigenvalue weighted by Gasteiger charge is -2.11. The van der Waals surface area contributed by atoms with Crippen molar-refractivity contribution in [1.29, 1.82) is 0 Å². The molecule has 5 rings (SSSR count). The number of halogens is 1. The summed E-state index contributed by atoms with van der Waals surface area (Å²) in [4.78, 5) is 9.11. The molecule has 158 valence electrons. The second-order valence-electron chi connectivity index (χ2n) is 6.91. The van der Waals surface area contributed by atoms with Crippen LogP contribution < -0.4 is 14.8 Å². The summed E-state index contributed by atoms with van der Waals surface area (Å²) < 4.78 is 39.2. The van der Waals surface area contributed by atoms with Gasteiger partial charge in [-0.2, -0.15) is 0 Å². The molecular formula is C21H17BrN4O4S. The Morgan fingerprint density at radius 1 is 1.10 bits per heavy atom. The van der Waals surface area contributed by atoms with Crippen molar-refractivity contribution < 1.29 is 17.9 Å². The summed E-state index contributed by atoms with van der Waals surface area (Å²) in [5.41, 5.74) is 1.20. The Morgan fingerprint density at radius 3 is 2.71 bits per heavy atom. The van der Waals surface area contributed by atoms with Crippen molar-refractivity contribution in [2.24, 2.45) is 0 Å². The average Bonchev–Trinajstić information content (AvgIpc) is 3.38. The molecule has 0 aliphatic carbocycles. The van der Waals surface area contributed by atoms with Gasteiger partial charge in [-0.15, -0.1) is 0 Å². The van der Waals surface area contributed by atoms with E-state index in [1.165, 1.54) is 10.2 Å². The first-order valence-electron chi connectivity index (χ1n) is 9.42. The number of aryl methyl sites for hydroxylation is 1. The summed E-state index contributed by atoms with van der Waals surface area (Å²) in [6, 6.07) is 13.9. The third-order valence-electron chi connectivity index (χ3n) is 4.90. The van der Waals surface area contributed by atoms with Gasteiger partial charge in [-0.25, -0.2) is 22.4 Å². The van der Waals surface area contributed by atoms with Gasteiger partial charge < -0.3 is 14.8 Å². The van der Waals surface area contributed by atoms with Crippen LogP contribution in [0, 0.1) is 6.92 Å². The Balaban J connectivity index is 1.57. The van der Waals surface area contributed by atoms with E-state index in [9.17, 15) is 8.42 Å². The van der Waals surface area contributed by atoms with Crippen molar-refractivity contribution in [2.45, 2.75) is 18.4 Å². The van der Waals surface area contributed by atoms with Gasteiger partial charge in [0.1, 0.15) is 11.6 Å². The summed E-state index contributed by atoms with van der Waals surface area (Å²) >= 11 is 3.48. The van der Waals surface area contributed by atoms with Crippen LogP contribution >= 0.6 is 15.9 Å². The van der Waals surface area contributed by atoms with E-state index in [0.29, 0.717) is 45.2 Å². The molecule has 4 aromatic rings. The van der Waals surface area contributed by atoms with Crippen molar-refractivity contribution >= 4 is 42.8 Å². The van der Waals surface area contributed by atoms with Crippen molar-refractivity contribution in [3.63, 3.8) is 0 Å². The van der Waals surface area contributed by atoms with E-state index >= 15 is 0 Å². The van der Waals surface area contributed by atoms with Crippen LogP contribution in [-0.4, -0.2) is 29.2 Å². The number of nitrogens with one attached hydrogen (secondary N) is 1. The minimum Gasteiger partial charge on any atom is -0.454 e. The summed E-state index contributed by atoms with van der Waals surface area (Å²) in [6.07, 6.45) is 1.50. The molecule has 0 unspecified atom stereocenters. The zero-order valence-corrected chi connectivity index (χ0v) is 18.8. The second kappa shape index (κ2) is 7.54. The normalized spacial score (nSPS) is 13.0. The van der Waals surface area contributed by atoms with E-state index in [2.05, 4.69) is 31.2 Å². The fraction of sp³-hybridized carbons (Fsp3) is 0.143. The van der Waals surface area contributed by atoms with Crippen molar-refractivity contribution in [1.82, 2.24) is 13.9 Å². The zero-order chi connectivity index (χ0) is 21.6. The first kappa shape index (κ1) is 19.8. The van der Waals surface area contributed by atoms with E-state index in [0.717, 1.165) is 5.56 Å². The fourth-order valence-electron chi connectivity index (χ4n) is 3.49. The van der Waals surface area contributed by atoms with Crippen LogP contribution in [0.2, 0.25) is 0 Å². The number of fused-ring (bicyclic) bond motifs is 2. The standard InChI is InChI=1S/C21H17BrN4O4S/c1-13-24-20(23-10-14-6-5-9-17-19(14)30-12-29-17)18-16(22)11-26(21(18)25-13)31(27,28)15-7-3-2-4-8-15/h2-9,11H,10,12H2,1H3,(H,23,24,25). The molecule has 1 N–H and O–H groups in total. The van der Waals surface area contributed by atoms with Gasteiger partial charge in [-0.1, -0.05) is 30.3 Å². The van der Waals surface area contributed by atoms with Crippen molar-refractivity contribution in [2.75, 3.05) is 12.1 Å². The molecule has 0 saturated carbocycles. The number of anilines is 1. The lowest BCUT2D eigenvalue weighted by molar-refractivity contribution is 0.173. The van der Waals surface area contributed by atoms with Crippen LogP contribution in [0.4, 0.5) is 5.82 Å². The maximum Gasteiger partial charge on any atom is 0.269 e. The summed E-state index contributed by atoms with van der Waals surface area (Å²) in [7, 11) is -3.82. The quantitative estimate of drug-likeness (QED) is 0.440. The summed E-state index contributed by atoms with van der Waals surface area (Å²) in [5, 5.41) is 3.87. The molecule has 0 radical (unpaired) electrons. The molecule has 1 aliphatic rings. The zero-order valence-electron chi connectivity index (χ0n) is 16.4. The summed E-state index contributed by atoms with van der Waals surface area (Å²) in [6.45, 7) is 2.33. The fourth-order valence-corrected chi connectivity index (χ4v) is 5.53. The van der Waals surface area contributed by atoms with Crippen LogP contribution in [0.15, 0.2) is 64.1 Å². The highest BCUT2D eigenvalue weighted by atomic mass is 79.9. The minimum absolute atomic E-state index is 0.183. The van der Waals surface area contributed by atoms with E-state index < -0.39 is 10.0 Å². The van der Waals surface area contributed by atoms with Gasteiger partial charge in [0.05, 0.1) is 10.3 Å². The largest absolute Gasteiger partial charge is 0.454 e. The van der Waals surface area contributed by atoms with Crippen molar-refractivity contribution in [3.05, 3.63) is 70.6 Å². The predicted octanol–water partition coefficient (Wildman–Crippen LogP) is 4.08. The molecule has 3 heterocycles. The molecule has 0 spiro atoms. The first-order valence-corrected chi connectivity index (χ1v) is 11.7. The Morgan fingerprint density at radius 2 is 1.90 bits per heavy atom.